The van der Waals surface area contributed by atoms with Gasteiger partial charge in [0, 0.05) is 31.4 Å². The fourth-order valence-corrected chi connectivity index (χ4v) is 6.85. The van der Waals surface area contributed by atoms with Crippen LogP contribution in [0, 0.1) is 0 Å². The first-order valence-electron chi connectivity index (χ1n) is 15.6. The topological polar surface area (TPSA) is 171 Å². The Hall–Kier alpha value is -3.75. The van der Waals surface area contributed by atoms with Gasteiger partial charge in [0.2, 0.25) is 5.89 Å². The maximum atomic E-state index is 13.4. The van der Waals surface area contributed by atoms with Crippen molar-refractivity contribution in [3.05, 3.63) is 49.1 Å². The summed E-state index contributed by atoms with van der Waals surface area (Å²) in [6.07, 6.45) is 14.9. The third-order valence-electron chi connectivity index (χ3n) is 6.94. The SMILES string of the molecule is CCOC1CCC(n2cc(NC(=O)c3coc(-c4cnn(COP(=O)(OC(C)(C)C)OC(C)(C)C)c4)n3)c(-c3cnccn3)n2)CC1. The van der Waals surface area contributed by atoms with Gasteiger partial charge in [0.15, 0.2) is 12.4 Å². The highest BCUT2D eigenvalue weighted by atomic mass is 31.2. The van der Waals surface area contributed by atoms with Crippen molar-refractivity contribution >= 4 is 19.4 Å². The van der Waals surface area contributed by atoms with Crippen molar-refractivity contribution < 1.29 is 32.1 Å². The van der Waals surface area contributed by atoms with Crippen molar-refractivity contribution in [2.24, 2.45) is 0 Å². The van der Waals surface area contributed by atoms with Crippen LogP contribution in [0.3, 0.4) is 0 Å². The molecular formula is C31H43N8O7P. The Balaban J connectivity index is 1.28. The van der Waals surface area contributed by atoms with Gasteiger partial charge in [0.05, 0.1) is 47.0 Å². The van der Waals surface area contributed by atoms with Gasteiger partial charge in [-0.15, -0.1) is 0 Å². The molecule has 4 heterocycles. The molecule has 0 bridgehead atoms. The highest BCUT2D eigenvalue weighted by Crippen LogP contribution is 2.55. The normalized spacial score (nSPS) is 17.6. The first kappa shape index (κ1) is 34.6. The van der Waals surface area contributed by atoms with Gasteiger partial charge in [-0.2, -0.15) is 10.2 Å². The van der Waals surface area contributed by atoms with E-state index in [0.717, 1.165) is 25.7 Å². The molecule has 0 atom stereocenters. The monoisotopic (exact) mass is 670 g/mol. The molecular weight excluding hydrogens is 627 g/mol. The quantitative estimate of drug-likeness (QED) is 0.159. The minimum Gasteiger partial charge on any atom is -0.444 e. The zero-order chi connectivity index (χ0) is 33.8. The zero-order valence-corrected chi connectivity index (χ0v) is 28.8. The Labute approximate surface area is 274 Å². The number of oxazole rings is 1. The molecule has 16 heteroatoms. The number of amides is 1. The number of phosphoric acid groups is 1. The van der Waals surface area contributed by atoms with Crippen LogP contribution in [0.15, 0.2) is 47.9 Å². The molecule has 4 aromatic rings. The molecule has 0 unspecified atom stereocenters. The summed E-state index contributed by atoms with van der Waals surface area (Å²) in [6.45, 7) is 13.0. The van der Waals surface area contributed by atoms with Gasteiger partial charge in [-0.25, -0.2) is 14.2 Å². The molecule has 1 N–H and O–H groups in total. The predicted molar refractivity (Wildman–Crippen MR) is 172 cm³/mol. The van der Waals surface area contributed by atoms with Gasteiger partial charge >= 0.3 is 7.82 Å². The van der Waals surface area contributed by atoms with Crippen LogP contribution in [-0.2, 0) is 29.6 Å². The number of carbonyl (C=O) groups is 1. The molecule has 254 valence electrons. The average molecular weight is 671 g/mol. The van der Waals surface area contributed by atoms with Crippen LogP contribution in [0.5, 0.6) is 0 Å². The van der Waals surface area contributed by atoms with E-state index in [2.05, 4.69) is 25.4 Å². The maximum absolute atomic E-state index is 13.4. The third kappa shape index (κ3) is 9.42. The molecule has 0 aliphatic heterocycles. The number of aromatic nitrogens is 7. The van der Waals surface area contributed by atoms with E-state index in [1.54, 1.807) is 66.3 Å². The van der Waals surface area contributed by atoms with Crippen LogP contribution in [-0.4, -0.2) is 64.3 Å². The van der Waals surface area contributed by atoms with Gasteiger partial charge in [-0.3, -0.25) is 33.0 Å². The lowest BCUT2D eigenvalue weighted by Crippen LogP contribution is -2.25. The first-order valence-corrected chi connectivity index (χ1v) is 17.1. The Morgan fingerprint density at radius 1 is 1.04 bits per heavy atom. The van der Waals surface area contributed by atoms with E-state index in [-0.39, 0.29) is 30.5 Å². The lowest BCUT2D eigenvalue weighted by molar-refractivity contribution is -0.00759. The smallest absolute Gasteiger partial charge is 0.444 e. The number of rotatable bonds is 12. The average Bonchev–Trinajstić information content (AvgIpc) is 3.75. The molecule has 5 rings (SSSR count). The molecule has 0 spiro atoms. The number of phosphoric ester groups is 1. The van der Waals surface area contributed by atoms with E-state index < -0.39 is 24.9 Å². The fraction of sp³-hybridized carbons (Fsp3) is 0.548. The second-order valence-electron chi connectivity index (χ2n) is 13.2. The lowest BCUT2D eigenvalue weighted by Gasteiger charge is -2.30. The van der Waals surface area contributed by atoms with Gasteiger partial charge in [-0.05, 0) is 74.1 Å². The second-order valence-corrected chi connectivity index (χ2v) is 14.7. The molecule has 0 saturated heterocycles. The van der Waals surface area contributed by atoms with E-state index >= 15 is 0 Å². The molecule has 1 amide bonds. The number of nitrogens with one attached hydrogen (secondary N) is 1. The summed E-state index contributed by atoms with van der Waals surface area (Å²) in [6, 6.07) is 0.168. The van der Waals surface area contributed by atoms with Crippen molar-refractivity contribution in [3.63, 3.8) is 0 Å². The van der Waals surface area contributed by atoms with Crippen LogP contribution >= 0.6 is 7.82 Å². The van der Waals surface area contributed by atoms with Crippen molar-refractivity contribution in [2.45, 2.75) is 104 Å². The molecule has 0 aromatic carbocycles. The predicted octanol–water partition coefficient (Wildman–Crippen LogP) is 6.68. The number of hydrogen-bond acceptors (Lipinski definition) is 12. The summed E-state index contributed by atoms with van der Waals surface area (Å²) in [5, 5.41) is 12.0. The summed E-state index contributed by atoms with van der Waals surface area (Å²) >= 11 is 0. The third-order valence-corrected chi connectivity index (χ3v) is 8.92. The van der Waals surface area contributed by atoms with Gasteiger partial charge < -0.3 is 14.5 Å². The Kier molecular flexibility index (Phi) is 10.4. The summed E-state index contributed by atoms with van der Waals surface area (Å²) in [4.78, 5) is 26.3. The maximum Gasteiger partial charge on any atom is 0.477 e. The Morgan fingerprint density at radius 2 is 1.77 bits per heavy atom. The van der Waals surface area contributed by atoms with E-state index in [1.807, 2.05) is 17.8 Å². The van der Waals surface area contributed by atoms with Crippen molar-refractivity contribution in [1.29, 1.82) is 0 Å². The van der Waals surface area contributed by atoms with Crippen molar-refractivity contribution in [1.82, 2.24) is 34.5 Å². The standard InChI is InChI=1S/C31H43N8O7P/c1-8-42-23-11-9-22(10-12-23)39-18-25(27(37-39)24-16-32-13-14-33-24)35-28(40)26-19-43-29(36-26)21-15-34-38(17-21)20-44-47(41,45-30(2,3)4)46-31(5,6)7/h13-19,22-23H,8-12,20H2,1-7H3,(H,35,40). The number of ether oxygens (including phenoxy) is 1. The number of carbonyl (C=O) groups excluding carboxylic acids is 1. The molecule has 1 fully saturated rings. The number of hydrogen-bond donors (Lipinski definition) is 1. The molecule has 15 nitrogen and oxygen atoms in total. The van der Waals surface area contributed by atoms with Crippen LogP contribution in [0.4, 0.5) is 5.69 Å². The zero-order valence-electron chi connectivity index (χ0n) is 27.9. The van der Waals surface area contributed by atoms with Crippen LogP contribution < -0.4 is 5.32 Å². The Bertz CT molecular complexity index is 1660. The summed E-state index contributed by atoms with van der Waals surface area (Å²) in [5.41, 5.74) is 0.505. The number of nitrogens with zero attached hydrogens (tertiary/aromatic N) is 7. The summed E-state index contributed by atoms with van der Waals surface area (Å²) in [5.74, 6) is -0.322. The second kappa shape index (κ2) is 14.2. The highest BCUT2D eigenvalue weighted by molar-refractivity contribution is 7.48. The van der Waals surface area contributed by atoms with E-state index in [0.29, 0.717) is 29.2 Å². The molecule has 47 heavy (non-hydrogen) atoms. The van der Waals surface area contributed by atoms with E-state index in [9.17, 15) is 9.36 Å². The van der Waals surface area contributed by atoms with Gasteiger partial charge in [-0.1, -0.05) is 0 Å². The molecule has 1 aliphatic carbocycles. The minimum atomic E-state index is -3.95. The van der Waals surface area contributed by atoms with Crippen LogP contribution in [0.1, 0.15) is 90.7 Å². The molecule has 0 radical (unpaired) electrons. The minimum absolute atomic E-state index is 0.0562. The molecule has 1 aliphatic rings. The molecule has 1 saturated carbocycles. The lowest BCUT2D eigenvalue weighted by atomic mass is 9.93. The Morgan fingerprint density at radius 3 is 2.40 bits per heavy atom. The fourth-order valence-electron chi connectivity index (χ4n) is 5.11. The van der Waals surface area contributed by atoms with E-state index in [1.165, 1.54) is 17.1 Å². The first-order chi connectivity index (χ1) is 22.2. The van der Waals surface area contributed by atoms with Gasteiger partial charge in [0.25, 0.3) is 5.91 Å². The van der Waals surface area contributed by atoms with Crippen LogP contribution in [0.25, 0.3) is 22.8 Å². The highest BCUT2D eigenvalue weighted by Gasteiger charge is 2.37. The van der Waals surface area contributed by atoms with E-state index in [4.69, 9.17) is 27.8 Å². The number of anilines is 1. The van der Waals surface area contributed by atoms with Gasteiger partial charge in [0.1, 0.15) is 17.7 Å². The van der Waals surface area contributed by atoms with Crippen molar-refractivity contribution in [3.8, 4) is 22.8 Å². The molecule has 4 aromatic heterocycles. The summed E-state index contributed by atoms with van der Waals surface area (Å²) in [7, 11) is -3.95. The largest absolute Gasteiger partial charge is 0.477 e. The van der Waals surface area contributed by atoms with Crippen molar-refractivity contribution in [2.75, 3.05) is 11.9 Å². The van der Waals surface area contributed by atoms with Crippen LogP contribution in [0.2, 0.25) is 0 Å². The summed E-state index contributed by atoms with van der Waals surface area (Å²) < 4.78 is 45.0.